The van der Waals surface area contributed by atoms with E-state index in [0.717, 1.165) is 29.0 Å². The van der Waals surface area contributed by atoms with Gasteiger partial charge < -0.3 is 10.3 Å². The molecule has 3 rings (SSSR count). The number of anilines is 1. The minimum Gasteiger partial charge on any atom is -0.361 e. The Morgan fingerprint density at radius 3 is 2.86 bits per heavy atom. The summed E-state index contributed by atoms with van der Waals surface area (Å²) in [5, 5.41) is 5.08. The number of H-pyrrole nitrogens is 1. The van der Waals surface area contributed by atoms with Crippen molar-refractivity contribution >= 4 is 28.5 Å². The lowest BCUT2D eigenvalue weighted by Gasteiger charge is -2.15. The summed E-state index contributed by atoms with van der Waals surface area (Å²) < 4.78 is 0. The summed E-state index contributed by atoms with van der Waals surface area (Å²) >= 11 is 5.87. The Bertz CT molecular complexity index is 750. The van der Waals surface area contributed by atoms with Crippen molar-refractivity contribution in [3.05, 3.63) is 47.1 Å². The number of nitrogens with one attached hydrogen (secondary N) is 2. The molecular formula is C15H16ClN5. The standard InChI is InChI=1S/C15H16ClN5/c1-3-10-6-18-14-13(10)15(20-8-19-14)21-9(2)12-5-4-11(16)7-17-12/h4-9H,3H2,1-2H3,(H2,18,19,20,21)/t9-/m0/s1. The van der Waals surface area contributed by atoms with Gasteiger partial charge in [0, 0.05) is 12.4 Å². The lowest BCUT2D eigenvalue weighted by Crippen LogP contribution is -2.10. The smallest absolute Gasteiger partial charge is 0.143 e. The second kappa shape index (κ2) is 5.69. The largest absolute Gasteiger partial charge is 0.361 e. The molecule has 5 nitrogen and oxygen atoms in total. The first-order valence-electron chi connectivity index (χ1n) is 6.88. The number of aromatic amines is 1. The Hall–Kier alpha value is -2.14. The lowest BCUT2D eigenvalue weighted by atomic mass is 10.1. The maximum atomic E-state index is 5.87. The van der Waals surface area contributed by atoms with Crippen LogP contribution >= 0.6 is 11.6 Å². The van der Waals surface area contributed by atoms with Crippen LogP contribution in [-0.4, -0.2) is 19.9 Å². The molecule has 2 N–H and O–H groups in total. The summed E-state index contributed by atoms with van der Waals surface area (Å²) in [6.45, 7) is 4.16. The van der Waals surface area contributed by atoms with E-state index in [4.69, 9.17) is 11.6 Å². The van der Waals surface area contributed by atoms with Gasteiger partial charge in [0.1, 0.15) is 17.8 Å². The predicted octanol–water partition coefficient (Wildman–Crippen LogP) is 3.74. The van der Waals surface area contributed by atoms with Gasteiger partial charge in [-0.1, -0.05) is 18.5 Å². The third kappa shape index (κ3) is 2.69. The van der Waals surface area contributed by atoms with Gasteiger partial charge in [0.2, 0.25) is 0 Å². The van der Waals surface area contributed by atoms with Crippen LogP contribution in [0.1, 0.15) is 31.1 Å². The van der Waals surface area contributed by atoms with Crippen molar-refractivity contribution in [1.82, 2.24) is 19.9 Å². The number of hydrogen-bond acceptors (Lipinski definition) is 4. The number of pyridine rings is 1. The molecular weight excluding hydrogens is 286 g/mol. The average molecular weight is 302 g/mol. The summed E-state index contributed by atoms with van der Waals surface area (Å²) in [7, 11) is 0. The highest BCUT2D eigenvalue weighted by atomic mass is 35.5. The van der Waals surface area contributed by atoms with Gasteiger partial charge in [0.15, 0.2) is 0 Å². The molecule has 3 aromatic rings. The summed E-state index contributed by atoms with van der Waals surface area (Å²) in [4.78, 5) is 16.2. The molecule has 0 saturated carbocycles. The quantitative estimate of drug-likeness (QED) is 0.770. The molecule has 0 bridgehead atoms. The Labute approximate surface area is 127 Å². The van der Waals surface area contributed by atoms with Crippen LogP contribution in [0, 0.1) is 0 Å². The normalized spacial score (nSPS) is 12.5. The Kier molecular flexibility index (Phi) is 3.75. The summed E-state index contributed by atoms with van der Waals surface area (Å²) in [5.41, 5.74) is 2.96. The highest BCUT2D eigenvalue weighted by Gasteiger charge is 2.13. The van der Waals surface area contributed by atoms with Crippen LogP contribution in [0.3, 0.4) is 0 Å². The molecule has 0 amide bonds. The Morgan fingerprint density at radius 1 is 1.29 bits per heavy atom. The highest BCUT2D eigenvalue weighted by molar-refractivity contribution is 6.30. The van der Waals surface area contributed by atoms with E-state index in [1.54, 1.807) is 12.5 Å². The zero-order valence-corrected chi connectivity index (χ0v) is 12.6. The molecule has 21 heavy (non-hydrogen) atoms. The molecule has 3 heterocycles. The molecule has 0 aliphatic rings. The number of nitrogens with zero attached hydrogens (tertiary/aromatic N) is 3. The van der Waals surface area contributed by atoms with E-state index in [-0.39, 0.29) is 6.04 Å². The SMILES string of the molecule is CCc1c[nH]c2ncnc(N[C@@H](C)c3ccc(Cl)cn3)c12. The van der Waals surface area contributed by atoms with E-state index in [0.29, 0.717) is 5.02 Å². The fourth-order valence-electron chi connectivity index (χ4n) is 2.34. The van der Waals surface area contributed by atoms with Crippen LogP contribution in [-0.2, 0) is 6.42 Å². The van der Waals surface area contributed by atoms with E-state index in [9.17, 15) is 0 Å². The fraction of sp³-hybridized carbons (Fsp3) is 0.267. The molecule has 1 atom stereocenters. The van der Waals surface area contributed by atoms with Crippen LogP contribution in [0.2, 0.25) is 5.02 Å². The topological polar surface area (TPSA) is 66.5 Å². The average Bonchev–Trinajstić information content (AvgIpc) is 2.92. The Morgan fingerprint density at radius 2 is 2.14 bits per heavy atom. The highest BCUT2D eigenvalue weighted by Crippen LogP contribution is 2.26. The molecule has 0 saturated heterocycles. The molecule has 0 unspecified atom stereocenters. The predicted molar refractivity (Wildman–Crippen MR) is 84.6 cm³/mol. The zero-order valence-electron chi connectivity index (χ0n) is 11.9. The molecule has 0 radical (unpaired) electrons. The molecule has 0 aliphatic carbocycles. The van der Waals surface area contributed by atoms with Crippen molar-refractivity contribution in [2.24, 2.45) is 0 Å². The molecule has 0 aromatic carbocycles. The number of fused-ring (bicyclic) bond motifs is 1. The van der Waals surface area contributed by atoms with E-state index in [1.807, 2.05) is 25.3 Å². The van der Waals surface area contributed by atoms with Gasteiger partial charge in [-0.15, -0.1) is 0 Å². The fourth-order valence-corrected chi connectivity index (χ4v) is 2.45. The maximum absolute atomic E-state index is 5.87. The van der Waals surface area contributed by atoms with Crippen LogP contribution in [0.5, 0.6) is 0 Å². The first kappa shape index (κ1) is 13.8. The first-order valence-corrected chi connectivity index (χ1v) is 7.25. The van der Waals surface area contributed by atoms with Crippen LogP contribution in [0.15, 0.2) is 30.9 Å². The van der Waals surface area contributed by atoms with Crippen LogP contribution in [0.25, 0.3) is 11.0 Å². The van der Waals surface area contributed by atoms with Crippen molar-refractivity contribution in [3.8, 4) is 0 Å². The maximum Gasteiger partial charge on any atom is 0.143 e. The molecule has 108 valence electrons. The van der Waals surface area contributed by atoms with Crippen molar-refractivity contribution in [1.29, 1.82) is 0 Å². The second-order valence-corrected chi connectivity index (χ2v) is 5.32. The zero-order chi connectivity index (χ0) is 14.8. The minimum absolute atomic E-state index is 0.0278. The molecule has 0 spiro atoms. The third-order valence-corrected chi connectivity index (χ3v) is 3.70. The van der Waals surface area contributed by atoms with Gasteiger partial charge >= 0.3 is 0 Å². The molecule has 6 heteroatoms. The lowest BCUT2D eigenvalue weighted by molar-refractivity contribution is 0.833. The summed E-state index contributed by atoms with van der Waals surface area (Å²) in [6, 6.07) is 3.78. The molecule has 0 fully saturated rings. The number of hydrogen-bond donors (Lipinski definition) is 2. The third-order valence-electron chi connectivity index (χ3n) is 3.48. The number of rotatable bonds is 4. The van der Waals surface area contributed by atoms with Crippen LogP contribution < -0.4 is 5.32 Å². The van der Waals surface area contributed by atoms with Gasteiger partial charge in [-0.2, -0.15) is 0 Å². The monoisotopic (exact) mass is 301 g/mol. The van der Waals surface area contributed by atoms with Crippen molar-refractivity contribution < 1.29 is 0 Å². The van der Waals surface area contributed by atoms with E-state index >= 15 is 0 Å². The van der Waals surface area contributed by atoms with Crippen molar-refractivity contribution in [2.75, 3.05) is 5.32 Å². The molecule has 3 aromatic heterocycles. The van der Waals surface area contributed by atoms with Crippen LogP contribution in [0.4, 0.5) is 5.82 Å². The second-order valence-electron chi connectivity index (χ2n) is 4.88. The van der Waals surface area contributed by atoms with Crippen molar-refractivity contribution in [2.45, 2.75) is 26.3 Å². The number of aryl methyl sites for hydroxylation is 1. The van der Waals surface area contributed by atoms with Gasteiger partial charge in [0.25, 0.3) is 0 Å². The summed E-state index contributed by atoms with van der Waals surface area (Å²) in [5.74, 6) is 0.822. The van der Waals surface area contributed by atoms with Gasteiger partial charge in [-0.3, -0.25) is 4.98 Å². The summed E-state index contributed by atoms with van der Waals surface area (Å²) in [6.07, 6.45) is 6.12. The van der Waals surface area contributed by atoms with Gasteiger partial charge in [-0.05, 0) is 31.0 Å². The number of aromatic nitrogens is 4. The number of halogens is 1. The van der Waals surface area contributed by atoms with E-state index in [1.165, 1.54) is 5.56 Å². The van der Waals surface area contributed by atoms with E-state index < -0.39 is 0 Å². The van der Waals surface area contributed by atoms with Gasteiger partial charge in [-0.25, -0.2) is 9.97 Å². The molecule has 0 aliphatic heterocycles. The Balaban J connectivity index is 1.94. The minimum atomic E-state index is 0.0278. The van der Waals surface area contributed by atoms with E-state index in [2.05, 4.69) is 32.2 Å². The van der Waals surface area contributed by atoms with Gasteiger partial charge in [0.05, 0.1) is 22.1 Å². The van der Waals surface area contributed by atoms with Crippen molar-refractivity contribution in [3.63, 3.8) is 0 Å². The first-order chi connectivity index (χ1) is 10.2.